The molecule has 3 nitrogen and oxygen atoms in total. The molecule has 0 bridgehead atoms. The Labute approximate surface area is 133 Å². The van der Waals surface area contributed by atoms with Crippen molar-refractivity contribution in [1.82, 2.24) is 10.6 Å². The first-order valence-electron chi connectivity index (χ1n) is 7.91. The molecule has 0 aliphatic rings. The van der Waals surface area contributed by atoms with E-state index in [1.807, 2.05) is 13.1 Å². The molecule has 0 saturated heterocycles. The molecule has 0 aliphatic heterocycles. The topological polar surface area (TPSA) is 36.4 Å². The molecule has 0 amide bonds. The van der Waals surface area contributed by atoms with Crippen LogP contribution in [0.2, 0.25) is 0 Å². The average molecular weight is 295 g/mol. The first-order valence-corrected chi connectivity index (χ1v) is 7.91. The van der Waals surface area contributed by atoms with Gasteiger partial charge in [-0.2, -0.15) is 0 Å². The van der Waals surface area contributed by atoms with Crippen LogP contribution in [0.5, 0.6) is 0 Å². The van der Waals surface area contributed by atoms with Gasteiger partial charge in [-0.25, -0.2) is 4.99 Å². The van der Waals surface area contributed by atoms with Crippen molar-refractivity contribution in [3.8, 4) is 11.1 Å². The molecule has 0 saturated carbocycles. The van der Waals surface area contributed by atoms with Crippen molar-refractivity contribution in [3.63, 3.8) is 0 Å². The van der Waals surface area contributed by atoms with E-state index in [2.05, 4.69) is 66.9 Å². The van der Waals surface area contributed by atoms with Gasteiger partial charge in [-0.05, 0) is 24.5 Å². The van der Waals surface area contributed by atoms with Crippen LogP contribution in [0.4, 0.5) is 5.69 Å². The van der Waals surface area contributed by atoms with Gasteiger partial charge in [-0.3, -0.25) is 0 Å². The normalized spacial score (nSPS) is 11.3. The van der Waals surface area contributed by atoms with E-state index >= 15 is 0 Å². The number of para-hydroxylation sites is 1. The average Bonchev–Trinajstić information content (AvgIpc) is 2.56. The third-order valence-electron chi connectivity index (χ3n) is 3.61. The zero-order chi connectivity index (χ0) is 15.8. The number of hydrogen-bond acceptors (Lipinski definition) is 1. The van der Waals surface area contributed by atoms with E-state index in [0.29, 0.717) is 0 Å². The number of rotatable bonds is 5. The molecule has 0 aliphatic carbocycles. The Morgan fingerprint density at radius 3 is 2.50 bits per heavy atom. The summed E-state index contributed by atoms with van der Waals surface area (Å²) >= 11 is 0. The van der Waals surface area contributed by atoms with E-state index in [1.54, 1.807) is 0 Å². The fourth-order valence-corrected chi connectivity index (χ4v) is 2.34. The Balaban J connectivity index is 2.37. The SMILES string of the molecule is CCCCN/C(=N\c1c(C)cccc1-c1ccccc1)NC. The molecule has 0 aromatic heterocycles. The molecule has 22 heavy (non-hydrogen) atoms. The molecular weight excluding hydrogens is 270 g/mol. The molecule has 116 valence electrons. The van der Waals surface area contributed by atoms with Gasteiger partial charge in [0.15, 0.2) is 5.96 Å². The van der Waals surface area contributed by atoms with Crippen LogP contribution in [0.3, 0.4) is 0 Å². The Kier molecular flexibility index (Phi) is 6.01. The fourth-order valence-electron chi connectivity index (χ4n) is 2.34. The largest absolute Gasteiger partial charge is 0.359 e. The van der Waals surface area contributed by atoms with Crippen LogP contribution in [0, 0.1) is 6.92 Å². The van der Waals surface area contributed by atoms with Gasteiger partial charge in [-0.15, -0.1) is 0 Å². The summed E-state index contributed by atoms with van der Waals surface area (Å²) in [5.41, 5.74) is 4.54. The highest BCUT2D eigenvalue weighted by atomic mass is 15.2. The molecule has 2 rings (SSSR count). The van der Waals surface area contributed by atoms with Gasteiger partial charge in [0, 0.05) is 19.2 Å². The molecule has 0 radical (unpaired) electrons. The van der Waals surface area contributed by atoms with E-state index in [-0.39, 0.29) is 0 Å². The maximum atomic E-state index is 4.82. The van der Waals surface area contributed by atoms with Gasteiger partial charge in [0.1, 0.15) is 0 Å². The van der Waals surface area contributed by atoms with Gasteiger partial charge >= 0.3 is 0 Å². The monoisotopic (exact) mass is 295 g/mol. The van der Waals surface area contributed by atoms with Gasteiger partial charge < -0.3 is 10.6 Å². The van der Waals surface area contributed by atoms with E-state index in [0.717, 1.165) is 30.2 Å². The molecule has 3 heteroatoms. The lowest BCUT2D eigenvalue weighted by molar-refractivity contribution is 0.742. The predicted molar refractivity (Wildman–Crippen MR) is 95.7 cm³/mol. The summed E-state index contributed by atoms with van der Waals surface area (Å²) in [6.07, 6.45) is 2.31. The Hall–Kier alpha value is -2.29. The maximum absolute atomic E-state index is 4.82. The molecule has 0 atom stereocenters. The highest BCUT2D eigenvalue weighted by Gasteiger charge is 2.08. The number of aryl methyl sites for hydroxylation is 1. The van der Waals surface area contributed by atoms with Crippen molar-refractivity contribution in [3.05, 3.63) is 54.1 Å². The molecule has 0 heterocycles. The van der Waals surface area contributed by atoms with E-state index in [1.165, 1.54) is 17.5 Å². The molecular formula is C19H25N3. The van der Waals surface area contributed by atoms with Crippen LogP contribution in [-0.4, -0.2) is 19.6 Å². The zero-order valence-corrected chi connectivity index (χ0v) is 13.7. The summed E-state index contributed by atoms with van der Waals surface area (Å²) in [7, 11) is 1.90. The van der Waals surface area contributed by atoms with Gasteiger partial charge in [-0.1, -0.05) is 61.9 Å². The second kappa shape index (κ2) is 8.23. The van der Waals surface area contributed by atoms with Crippen LogP contribution in [0.25, 0.3) is 11.1 Å². The van der Waals surface area contributed by atoms with E-state index in [9.17, 15) is 0 Å². The van der Waals surface area contributed by atoms with Gasteiger partial charge in [0.05, 0.1) is 5.69 Å². The van der Waals surface area contributed by atoms with Crippen LogP contribution >= 0.6 is 0 Å². The number of guanidine groups is 1. The van der Waals surface area contributed by atoms with Crippen molar-refractivity contribution in [2.45, 2.75) is 26.7 Å². The second-order valence-corrected chi connectivity index (χ2v) is 5.33. The van der Waals surface area contributed by atoms with Crippen molar-refractivity contribution < 1.29 is 0 Å². The number of unbranched alkanes of at least 4 members (excludes halogenated alkanes) is 1. The minimum Gasteiger partial charge on any atom is -0.359 e. The van der Waals surface area contributed by atoms with Crippen LogP contribution in [0.1, 0.15) is 25.3 Å². The number of hydrogen-bond donors (Lipinski definition) is 2. The first-order chi connectivity index (χ1) is 10.8. The molecule has 0 fully saturated rings. The number of nitrogens with one attached hydrogen (secondary N) is 2. The lowest BCUT2D eigenvalue weighted by Gasteiger charge is -2.13. The Bertz CT molecular complexity index is 618. The zero-order valence-electron chi connectivity index (χ0n) is 13.7. The fraction of sp³-hybridized carbons (Fsp3) is 0.316. The van der Waals surface area contributed by atoms with Gasteiger partial charge in [0.25, 0.3) is 0 Å². The highest BCUT2D eigenvalue weighted by molar-refractivity contribution is 5.87. The Morgan fingerprint density at radius 1 is 1.05 bits per heavy atom. The minimum absolute atomic E-state index is 0.819. The Morgan fingerprint density at radius 2 is 1.82 bits per heavy atom. The minimum atomic E-state index is 0.819. The molecule has 2 aromatic rings. The summed E-state index contributed by atoms with van der Waals surface area (Å²) < 4.78 is 0. The third-order valence-corrected chi connectivity index (χ3v) is 3.61. The van der Waals surface area contributed by atoms with Crippen molar-refractivity contribution in [1.29, 1.82) is 0 Å². The summed E-state index contributed by atoms with van der Waals surface area (Å²) in [5, 5.41) is 6.52. The third kappa shape index (κ3) is 4.10. The number of aliphatic imine (C=N–C) groups is 1. The summed E-state index contributed by atoms with van der Waals surface area (Å²) in [5.74, 6) is 0.819. The molecule has 0 spiro atoms. The standard InChI is InChI=1S/C19H25N3/c1-4-5-14-21-19(20-3)22-18-15(2)10-9-13-17(18)16-11-7-6-8-12-16/h6-13H,4-5,14H2,1-3H3,(H2,20,21,22). The molecule has 2 aromatic carbocycles. The van der Waals surface area contributed by atoms with Crippen molar-refractivity contribution in [2.75, 3.05) is 13.6 Å². The first kappa shape index (κ1) is 16.1. The summed E-state index contributed by atoms with van der Waals surface area (Å²) in [6.45, 7) is 5.22. The second-order valence-electron chi connectivity index (χ2n) is 5.33. The van der Waals surface area contributed by atoms with Crippen LogP contribution < -0.4 is 10.6 Å². The smallest absolute Gasteiger partial charge is 0.196 e. The lowest BCUT2D eigenvalue weighted by atomic mass is 10.0. The molecule has 0 unspecified atom stereocenters. The lowest BCUT2D eigenvalue weighted by Crippen LogP contribution is -2.35. The van der Waals surface area contributed by atoms with Crippen molar-refractivity contribution >= 4 is 11.6 Å². The van der Waals surface area contributed by atoms with Gasteiger partial charge in [0.2, 0.25) is 0 Å². The number of benzene rings is 2. The molecule has 2 N–H and O–H groups in total. The van der Waals surface area contributed by atoms with Crippen LogP contribution in [0.15, 0.2) is 53.5 Å². The van der Waals surface area contributed by atoms with Crippen molar-refractivity contribution in [2.24, 2.45) is 4.99 Å². The summed E-state index contributed by atoms with van der Waals surface area (Å²) in [4.78, 5) is 4.82. The quantitative estimate of drug-likeness (QED) is 0.491. The highest BCUT2D eigenvalue weighted by Crippen LogP contribution is 2.32. The van der Waals surface area contributed by atoms with E-state index < -0.39 is 0 Å². The summed E-state index contributed by atoms with van der Waals surface area (Å²) in [6, 6.07) is 16.7. The van der Waals surface area contributed by atoms with E-state index in [4.69, 9.17) is 4.99 Å². The predicted octanol–water partition coefficient (Wildman–Crippen LogP) is 4.26. The number of nitrogens with zero attached hydrogens (tertiary/aromatic N) is 1. The maximum Gasteiger partial charge on any atom is 0.196 e. The van der Waals surface area contributed by atoms with Crippen LogP contribution in [-0.2, 0) is 0 Å².